The standard InChI is InChI=1S/C20H19NO5/c1-13-3-7-16(8-4-13)21-20(23)14(2)26-19(22)10-6-15-5-9-17-18(11-15)25-12-24-17/h3-11,14H,12H2,1-2H3,(H,21,23)/b10-6+/t14-/m0/s1. The Balaban J connectivity index is 1.53. The average Bonchev–Trinajstić information content (AvgIpc) is 3.09. The minimum absolute atomic E-state index is 0.193. The summed E-state index contributed by atoms with van der Waals surface area (Å²) in [5, 5.41) is 2.71. The fourth-order valence-corrected chi connectivity index (χ4v) is 2.33. The molecule has 1 aliphatic rings. The summed E-state index contributed by atoms with van der Waals surface area (Å²) in [5.74, 6) is 0.311. The Morgan fingerprint density at radius 3 is 2.62 bits per heavy atom. The third kappa shape index (κ3) is 4.42. The van der Waals surface area contributed by atoms with Crippen molar-refractivity contribution in [3.8, 4) is 11.5 Å². The van der Waals surface area contributed by atoms with Crippen LogP contribution in [0.5, 0.6) is 11.5 Å². The van der Waals surface area contributed by atoms with E-state index in [1.54, 1.807) is 36.4 Å². The van der Waals surface area contributed by atoms with E-state index in [0.717, 1.165) is 11.1 Å². The summed E-state index contributed by atoms with van der Waals surface area (Å²) < 4.78 is 15.6. The van der Waals surface area contributed by atoms with E-state index in [9.17, 15) is 9.59 Å². The Labute approximate surface area is 151 Å². The number of aryl methyl sites for hydroxylation is 1. The summed E-state index contributed by atoms with van der Waals surface area (Å²) in [4.78, 5) is 24.0. The molecule has 3 rings (SSSR count). The fraction of sp³-hybridized carbons (Fsp3) is 0.200. The monoisotopic (exact) mass is 353 g/mol. The van der Waals surface area contributed by atoms with Crippen LogP contribution in [0.15, 0.2) is 48.5 Å². The highest BCUT2D eigenvalue weighted by Crippen LogP contribution is 2.32. The Morgan fingerprint density at radius 1 is 1.12 bits per heavy atom. The molecular formula is C20H19NO5. The van der Waals surface area contributed by atoms with Crippen LogP contribution in [0.25, 0.3) is 6.08 Å². The Morgan fingerprint density at radius 2 is 1.85 bits per heavy atom. The first kappa shape index (κ1) is 17.5. The largest absolute Gasteiger partial charge is 0.454 e. The second-order valence-electron chi connectivity index (χ2n) is 5.88. The Kier molecular flexibility index (Phi) is 5.22. The highest BCUT2D eigenvalue weighted by atomic mass is 16.7. The predicted molar refractivity (Wildman–Crippen MR) is 97.0 cm³/mol. The van der Waals surface area contributed by atoms with Gasteiger partial charge in [-0.1, -0.05) is 23.8 Å². The van der Waals surface area contributed by atoms with Gasteiger partial charge in [0.05, 0.1) is 0 Å². The van der Waals surface area contributed by atoms with Crippen LogP contribution in [-0.4, -0.2) is 24.8 Å². The molecule has 1 atom stereocenters. The lowest BCUT2D eigenvalue weighted by atomic mass is 10.2. The molecule has 0 saturated heterocycles. The van der Waals surface area contributed by atoms with Gasteiger partial charge in [-0.15, -0.1) is 0 Å². The molecule has 1 aliphatic heterocycles. The number of nitrogens with one attached hydrogen (secondary N) is 1. The zero-order valence-electron chi connectivity index (χ0n) is 14.5. The molecule has 134 valence electrons. The second kappa shape index (κ2) is 7.74. The molecule has 0 aromatic heterocycles. The number of hydrogen-bond acceptors (Lipinski definition) is 5. The van der Waals surface area contributed by atoms with E-state index in [1.807, 2.05) is 19.1 Å². The van der Waals surface area contributed by atoms with Crippen LogP contribution < -0.4 is 14.8 Å². The summed E-state index contributed by atoms with van der Waals surface area (Å²) in [6, 6.07) is 12.7. The van der Waals surface area contributed by atoms with E-state index in [4.69, 9.17) is 14.2 Å². The number of hydrogen-bond donors (Lipinski definition) is 1. The molecule has 2 aromatic carbocycles. The molecule has 0 radical (unpaired) electrons. The van der Waals surface area contributed by atoms with Crippen molar-refractivity contribution in [2.45, 2.75) is 20.0 Å². The van der Waals surface area contributed by atoms with Gasteiger partial charge in [0.1, 0.15) is 0 Å². The van der Waals surface area contributed by atoms with Crippen LogP contribution in [0.4, 0.5) is 5.69 Å². The van der Waals surface area contributed by atoms with E-state index < -0.39 is 18.0 Å². The minimum Gasteiger partial charge on any atom is -0.454 e. The van der Waals surface area contributed by atoms with Gasteiger partial charge in [-0.05, 0) is 49.8 Å². The zero-order valence-corrected chi connectivity index (χ0v) is 14.5. The van der Waals surface area contributed by atoms with Crippen molar-refractivity contribution in [2.75, 3.05) is 12.1 Å². The van der Waals surface area contributed by atoms with Crippen LogP contribution in [0.1, 0.15) is 18.1 Å². The van der Waals surface area contributed by atoms with E-state index in [1.165, 1.54) is 13.0 Å². The third-order valence-corrected chi connectivity index (χ3v) is 3.79. The van der Waals surface area contributed by atoms with E-state index >= 15 is 0 Å². The van der Waals surface area contributed by atoms with Crippen molar-refractivity contribution in [3.05, 3.63) is 59.7 Å². The summed E-state index contributed by atoms with van der Waals surface area (Å²) >= 11 is 0. The van der Waals surface area contributed by atoms with Gasteiger partial charge < -0.3 is 19.5 Å². The van der Waals surface area contributed by atoms with Gasteiger partial charge in [-0.2, -0.15) is 0 Å². The van der Waals surface area contributed by atoms with Crippen molar-refractivity contribution in [2.24, 2.45) is 0 Å². The number of carbonyl (C=O) groups is 2. The number of carbonyl (C=O) groups excluding carboxylic acids is 2. The minimum atomic E-state index is -0.912. The molecule has 0 saturated carbocycles. The predicted octanol–water partition coefficient (Wildman–Crippen LogP) is 3.31. The van der Waals surface area contributed by atoms with Crippen molar-refractivity contribution in [1.29, 1.82) is 0 Å². The summed E-state index contributed by atoms with van der Waals surface area (Å²) in [6.07, 6.45) is 1.95. The number of benzene rings is 2. The molecule has 0 bridgehead atoms. The molecule has 0 spiro atoms. The van der Waals surface area contributed by atoms with Crippen molar-refractivity contribution < 1.29 is 23.8 Å². The normalized spacial score (nSPS) is 13.5. The Bertz CT molecular complexity index is 842. The number of fused-ring (bicyclic) bond motifs is 1. The first-order chi connectivity index (χ1) is 12.5. The zero-order chi connectivity index (χ0) is 18.5. The van der Waals surface area contributed by atoms with Gasteiger partial charge in [-0.3, -0.25) is 4.79 Å². The highest BCUT2D eigenvalue weighted by molar-refractivity contribution is 5.96. The van der Waals surface area contributed by atoms with E-state index in [0.29, 0.717) is 17.2 Å². The van der Waals surface area contributed by atoms with Crippen molar-refractivity contribution >= 4 is 23.6 Å². The maximum absolute atomic E-state index is 12.1. The lowest BCUT2D eigenvalue weighted by molar-refractivity contribution is -0.148. The van der Waals surface area contributed by atoms with Crippen LogP contribution in [-0.2, 0) is 14.3 Å². The topological polar surface area (TPSA) is 73.9 Å². The van der Waals surface area contributed by atoms with Gasteiger partial charge in [0.25, 0.3) is 5.91 Å². The van der Waals surface area contributed by atoms with E-state index in [-0.39, 0.29) is 6.79 Å². The van der Waals surface area contributed by atoms with Gasteiger partial charge >= 0.3 is 5.97 Å². The average molecular weight is 353 g/mol. The number of rotatable bonds is 5. The molecule has 2 aromatic rings. The third-order valence-electron chi connectivity index (χ3n) is 3.79. The quantitative estimate of drug-likeness (QED) is 0.659. The first-order valence-electron chi connectivity index (χ1n) is 8.17. The number of ether oxygens (including phenoxy) is 3. The van der Waals surface area contributed by atoms with Crippen molar-refractivity contribution in [1.82, 2.24) is 0 Å². The summed E-state index contributed by atoms with van der Waals surface area (Å²) in [6.45, 7) is 3.68. The SMILES string of the molecule is Cc1ccc(NC(=O)[C@H](C)OC(=O)/C=C/c2ccc3c(c2)OCO3)cc1. The number of amides is 1. The van der Waals surface area contributed by atoms with Crippen molar-refractivity contribution in [3.63, 3.8) is 0 Å². The molecule has 1 amide bonds. The first-order valence-corrected chi connectivity index (χ1v) is 8.17. The van der Waals surface area contributed by atoms with Gasteiger partial charge in [0.2, 0.25) is 6.79 Å². The Hall–Kier alpha value is -3.28. The highest BCUT2D eigenvalue weighted by Gasteiger charge is 2.17. The number of esters is 1. The van der Waals surface area contributed by atoms with Crippen LogP contribution in [0.3, 0.4) is 0 Å². The van der Waals surface area contributed by atoms with E-state index in [2.05, 4.69) is 5.32 Å². The molecule has 0 aliphatic carbocycles. The van der Waals surface area contributed by atoms with Crippen LogP contribution in [0.2, 0.25) is 0 Å². The van der Waals surface area contributed by atoms with Gasteiger partial charge in [0.15, 0.2) is 17.6 Å². The summed E-state index contributed by atoms with van der Waals surface area (Å²) in [5.41, 5.74) is 2.51. The maximum atomic E-state index is 12.1. The molecule has 6 heteroatoms. The van der Waals surface area contributed by atoms with Crippen LogP contribution >= 0.6 is 0 Å². The fourth-order valence-electron chi connectivity index (χ4n) is 2.33. The second-order valence-corrected chi connectivity index (χ2v) is 5.88. The lowest BCUT2D eigenvalue weighted by Gasteiger charge is -2.12. The summed E-state index contributed by atoms with van der Waals surface area (Å²) in [7, 11) is 0. The maximum Gasteiger partial charge on any atom is 0.331 e. The molecule has 6 nitrogen and oxygen atoms in total. The molecule has 1 heterocycles. The number of anilines is 1. The van der Waals surface area contributed by atoms with Gasteiger partial charge in [-0.25, -0.2) is 4.79 Å². The molecule has 26 heavy (non-hydrogen) atoms. The van der Waals surface area contributed by atoms with Gasteiger partial charge in [0, 0.05) is 11.8 Å². The molecular weight excluding hydrogens is 334 g/mol. The lowest BCUT2D eigenvalue weighted by Crippen LogP contribution is -2.29. The molecule has 0 fully saturated rings. The van der Waals surface area contributed by atoms with Crippen LogP contribution in [0, 0.1) is 6.92 Å². The smallest absolute Gasteiger partial charge is 0.331 e. The molecule has 1 N–H and O–H groups in total. The molecule has 0 unspecified atom stereocenters.